The Kier molecular flexibility index (Phi) is 4.75. The van der Waals surface area contributed by atoms with E-state index in [1.807, 2.05) is 9.80 Å². The molecule has 8 heteroatoms. The second kappa shape index (κ2) is 6.80. The van der Waals surface area contributed by atoms with Gasteiger partial charge in [0, 0.05) is 46.3 Å². The number of piperidine rings is 1. The van der Waals surface area contributed by atoms with E-state index in [2.05, 4.69) is 0 Å². The Balaban J connectivity index is 1.80. The molecule has 1 unspecified atom stereocenters. The molecule has 0 saturated carbocycles. The van der Waals surface area contributed by atoms with Gasteiger partial charge < -0.3 is 14.5 Å². The lowest BCUT2D eigenvalue weighted by atomic mass is 9.96. The highest BCUT2D eigenvalue weighted by molar-refractivity contribution is 5.79. The molecule has 2 fully saturated rings. The molecule has 2 saturated heterocycles. The smallest absolute Gasteiger partial charge is 0.332 e. The van der Waals surface area contributed by atoms with Crippen LogP contribution in [0.1, 0.15) is 12.8 Å². The molecule has 1 aromatic heterocycles. The molecule has 2 aliphatic heterocycles. The van der Waals surface area contributed by atoms with Crippen molar-refractivity contribution >= 4 is 11.7 Å². The number of hydrogen-bond acceptors (Lipinski definition) is 5. The lowest BCUT2D eigenvalue weighted by Gasteiger charge is -2.37. The van der Waals surface area contributed by atoms with Crippen molar-refractivity contribution in [2.45, 2.75) is 12.8 Å². The number of morpholine rings is 1. The summed E-state index contributed by atoms with van der Waals surface area (Å²) in [5.74, 6) is 0.635. The van der Waals surface area contributed by atoms with Gasteiger partial charge in [-0.25, -0.2) is 4.79 Å². The van der Waals surface area contributed by atoms with Crippen LogP contribution in [0.4, 0.5) is 5.82 Å². The Morgan fingerprint density at radius 3 is 2.54 bits per heavy atom. The first-order valence-corrected chi connectivity index (χ1v) is 8.37. The fourth-order valence-electron chi connectivity index (χ4n) is 3.45. The van der Waals surface area contributed by atoms with Crippen LogP contribution in [-0.4, -0.2) is 59.3 Å². The lowest BCUT2D eigenvalue weighted by Crippen LogP contribution is -2.49. The predicted molar refractivity (Wildman–Crippen MR) is 89.3 cm³/mol. The summed E-state index contributed by atoms with van der Waals surface area (Å²) in [5.41, 5.74) is -0.672. The average molecular weight is 336 g/mol. The van der Waals surface area contributed by atoms with Gasteiger partial charge in [0.1, 0.15) is 5.82 Å². The van der Waals surface area contributed by atoms with Gasteiger partial charge in [-0.3, -0.25) is 18.7 Å². The van der Waals surface area contributed by atoms with Crippen LogP contribution >= 0.6 is 0 Å². The molecule has 3 rings (SSSR count). The van der Waals surface area contributed by atoms with Crippen molar-refractivity contribution < 1.29 is 9.53 Å². The summed E-state index contributed by atoms with van der Waals surface area (Å²) < 4.78 is 7.86. The molecule has 0 radical (unpaired) electrons. The van der Waals surface area contributed by atoms with Gasteiger partial charge in [0.2, 0.25) is 5.91 Å². The number of carbonyl (C=O) groups excluding carboxylic acids is 1. The topological polar surface area (TPSA) is 76.8 Å². The van der Waals surface area contributed by atoms with Crippen molar-refractivity contribution in [1.82, 2.24) is 14.0 Å². The minimum absolute atomic E-state index is 0.101. The molecule has 132 valence electrons. The minimum atomic E-state index is -0.348. The average Bonchev–Trinajstić information content (AvgIpc) is 2.63. The number of nitrogens with zero attached hydrogens (tertiary/aromatic N) is 4. The van der Waals surface area contributed by atoms with Crippen molar-refractivity contribution in [3.8, 4) is 0 Å². The van der Waals surface area contributed by atoms with Crippen molar-refractivity contribution in [3.63, 3.8) is 0 Å². The number of carbonyl (C=O) groups is 1. The Labute approximate surface area is 140 Å². The highest BCUT2D eigenvalue weighted by atomic mass is 16.5. The van der Waals surface area contributed by atoms with Gasteiger partial charge in [-0.1, -0.05) is 0 Å². The zero-order valence-corrected chi connectivity index (χ0v) is 14.2. The number of amides is 1. The number of hydrogen-bond donors (Lipinski definition) is 0. The maximum atomic E-state index is 12.7. The highest BCUT2D eigenvalue weighted by Gasteiger charge is 2.31. The Hall–Kier alpha value is -2.09. The van der Waals surface area contributed by atoms with Crippen molar-refractivity contribution in [1.29, 1.82) is 0 Å². The van der Waals surface area contributed by atoms with Crippen LogP contribution < -0.4 is 16.1 Å². The van der Waals surface area contributed by atoms with Crippen LogP contribution in [-0.2, 0) is 23.6 Å². The van der Waals surface area contributed by atoms with E-state index in [0.717, 1.165) is 24.0 Å². The first-order valence-electron chi connectivity index (χ1n) is 8.37. The summed E-state index contributed by atoms with van der Waals surface area (Å²) in [6, 6.07) is 1.48. The maximum absolute atomic E-state index is 12.7. The summed E-state index contributed by atoms with van der Waals surface area (Å²) in [4.78, 5) is 40.6. The van der Waals surface area contributed by atoms with Crippen molar-refractivity contribution in [2.24, 2.45) is 20.0 Å². The van der Waals surface area contributed by atoms with Gasteiger partial charge in [-0.05, 0) is 12.8 Å². The van der Waals surface area contributed by atoms with Crippen LogP contribution in [0.15, 0.2) is 15.7 Å². The van der Waals surface area contributed by atoms with Crippen molar-refractivity contribution in [2.75, 3.05) is 44.3 Å². The van der Waals surface area contributed by atoms with Crippen LogP contribution in [0.2, 0.25) is 0 Å². The van der Waals surface area contributed by atoms with Crippen molar-refractivity contribution in [3.05, 3.63) is 26.9 Å². The highest BCUT2D eigenvalue weighted by Crippen LogP contribution is 2.23. The fourth-order valence-corrected chi connectivity index (χ4v) is 3.45. The number of rotatable bonds is 2. The summed E-state index contributed by atoms with van der Waals surface area (Å²) in [7, 11) is 3.12. The first kappa shape index (κ1) is 16.8. The van der Waals surface area contributed by atoms with Gasteiger partial charge in [0.15, 0.2) is 0 Å². The summed E-state index contributed by atoms with van der Waals surface area (Å²) in [6.07, 6.45) is 1.70. The molecule has 1 amide bonds. The van der Waals surface area contributed by atoms with Crippen LogP contribution in [0.5, 0.6) is 0 Å². The molecular weight excluding hydrogens is 312 g/mol. The van der Waals surface area contributed by atoms with E-state index in [1.54, 1.807) is 7.05 Å². The van der Waals surface area contributed by atoms with E-state index < -0.39 is 0 Å². The van der Waals surface area contributed by atoms with E-state index in [0.29, 0.717) is 38.7 Å². The Morgan fingerprint density at radius 2 is 1.83 bits per heavy atom. The molecule has 0 aromatic carbocycles. The molecule has 0 bridgehead atoms. The number of ether oxygens (including phenoxy) is 1. The second-order valence-corrected chi connectivity index (χ2v) is 6.46. The monoisotopic (exact) mass is 336 g/mol. The van der Waals surface area contributed by atoms with Gasteiger partial charge in [-0.2, -0.15) is 0 Å². The third kappa shape index (κ3) is 3.10. The summed E-state index contributed by atoms with van der Waals surface area (Å²) in [5, 5.41) is 0. The molecule has 1 aromatic rings. The van der Waals surface area contributed by atoms with E-state index in [9.17, 15) is 14.4 Å². The zero-order valence-electron chi connectivity index (χ0n) is 14.2. The third-order valence-electron chi connectivity index (χ3n) is 4.92. The van der Waals surface area contributed by atoms with E-state index >= 15 is 0 Å². The minimum Gasteiger partial charge on any atom is -0.378 e. The van der Waals surface area contributed by atoms with Crippen LogP contribution in [0.25, 0.3) is 0 Å². The molecule has 0 aliphatic carbocycles. The molecule has 8 nitrogen and oxygen atoms in total. The largest absolute Gasteiger partial charge is 0.378 e. The molecule has 0 spiro atoms. The maximum Gasteiger partial charge on any atom is 0.332 e. The van der Waals surface area contributed by atoms with E-state index in [-0.39, 0.29) is 23.1 Å². The van der Waals surface area contributed by atoms with Gasteiger partial charge >= 0.3 is 5.69 Å². The van der Waals surface area contributed by atoms with Gasteiger partial charge in [-0.15, -0.1) is 0 Å². The van der Waals surface area contributed by atoms with Crippen LogP contribution in [0, 0.1) is 5.92 Å². The Morgan fingerprint density at radius 1 is 1.12 bits per heavy atom. The summed E-state index contributed by atoms with van der Waals surface area (Å²) in [6.45, 7) is 3.74. The number of anilines is 1. The summed E-state index contributed by atoms with van der Waals surface area (Å²) >= 11 is 0. The predicted octanol–water partition coefficient (Wildman–Crippen LogP) is -0.841. The van der Waals surface area contributed by atoms with E-state index in [1.165, 1.54) is 17.7 Å². The molecular formula is C16H24N4O4. The lowest BCUT2D eigenvalue weighted by molar-refractivity contribution is -0.139. The van der Waals surface area contributed by atoms with Gasteiger partial charge in [0.05, 0.1) is 19.1 Å². The molecule has 1 atom stereocenters. The van der Waals surface area contributed by atoms with Crippen LogP contribution in [0.3, 0.4) is 0 Å². The van der Waals surface area contributed by atoms with E-state index in [4.69, 9.17) is 4.74 Å². The third-order valence-corrected chi connectivity index (χ3v) is 4.92. The molecule has 2 aliphatic rings. The van der Waals surface area contributed by atoms with Gasteiger partial charge in [0.25, 0.3) is 5.56 Å². The molecule has 0 N–H and O–H groups in total. The SMILES string of the molecule is Cn1c(N2CCCC(C(=O)N3CCOCC3)C2)cc(=O)n(C)c1=O. The second-order valence-electron chi connectivity index (χ2n) is 6.46. The Bertz CT molecular complexity index is 733. The fraction of sp³-hybridized carbons (Fsp3) is 0.688. The quantitative estimate of drug-likeness (QED) is 0.704. The molecule has 24 heavy (non-hydrogen) atoms. The zero-order chi connectivity index (χ0) is 17.3. The normalized spacial score (nSPS) is 21.8. The first-order chi connectivity index (χ1) is 11.5. The standard InChI is InChI=1S/C16H24N4O4/c1-17-13(10-14(21)18(2)16(17)23)20-5-3-4-12(11-20)15(22)19-6-8-24-9-7-19/h10,12H,3-9,11H2,1-2H3. The number of aromatic nitrogens is 2. The molecule has 3 heterocycles.